The van der Waals surface area contributed by atoms with E-state index in [0.717, 1.165) is 19.3 Å². The molecule has 7 heteroatoms. The van der Waals surface area contributed by atoms with Crippen LogP contribution < -0.4 is 5.32 Å². The zero-order valence-corrected chi connectivity index (χ0v) is 19.7. The molecule has 0 aromatic heterocycles. The van der Waals surface area contributed by atoms with Crippen LogP contribution >= 0.6 is 0 Å². The fraction of sp³-hybridized carbons (Fsp3) is 0.792. The minimum Gasteiger partial charge on any atom is -0.466 e. The third kappa shape index (κ3) is 5.68. The van der Waals surface area contributed by atoms with Crippen LogP contribution in [-0.4, -0.2) is 59.6 Å². The highest BCUT2D eigenvalue weighted by atomic mass is 16.5. The summed E-state index contributed by atoms with van der Waals surface area (Å²) in [6.45, 7) is 10.4. The molecule has 0 aromatic carbocycles. The van der Waals surface area contributed by atoms with Crippen molar-refractivity contribution in [2.75, 3.05) is 19.8 Å². The number of rotatable bonds is 11. The van der Waals surface area contributed by atoms with Gasteiger partial charge in [0.2, 0.25) is 11.8 Å². The molecule has 1 fully saturated rings. The van der Waals surface area contributed by atoms with E-state index in [1.54, 1.807) is 11.8 Å². The van der Waals surface area contributed by atoms with Gasteiger partial charge in [-0.1, -0.05) is 52.7 Å². The summed E-state index contributed by atoms with van der Waals surface area (Å²) in [6.07, 6.45) is 7.39. The molecule has 0 unspecified atom stereocenters. The van der Waals surface area contributed by atoms with Crippen LogP contribution in [0.3, 0.4) is 0 Å². The van der Waals surface area contributed by atoms with Gasteiger partial charge in [0, 0.05) is 12.5 Å². The predicted molar refractivity (Wildman–Crippen MR) is 119 cm³/mol. The largest absolute Gasteiger partial charge is 0.466 e. The average Bonchev–Trinajstić information content (AvgIpc) is 3.01. The first-order chi connectivity index (χ1) is 14.8. The summed E-state index contributed by atoms with van der Waals surface area (Å²) in [6, 6.07) is -1.19. The Labute approximate surface area is 186 Å². The lowest BCUT2D eigenvalue weighted by Crippen LogP contribution is -2.52. The molecule has 0 spiro atoms. The summed E-state index contributed by atoms with van der Waals surface area (Å²) in [5.41, 5.74) is 0. The SMILES string of the molecule is CCCCCNC(=O)[C@@H]1[C@H]2C=C[C@@H](C)[C@@H](C(=O)OCC)[C@H]2C(=O)N1[C@@H](CO)CC(C)C. The molecule has 1 saturated heterocycles. The van der Waals surface area contributed by atoms with Gasteiger partial charge in [0.15, 0.2) is 0 Å². The topological polar surface area (TPSA) is 95.9 Å². The number of fused-ring (bicyclic) bond motifs is 1. The minimum absolute atomic E-state index is 0.157. The zero-order valence-electron chi connectivity index (χ0n) is 19.7. The molecule has 0 radical (unpaired) electrons. The number of carbonyl (C=O) groups excluding carboxylic acids is 3. The number of allylic oxidation sites excluding steroid dienone is 1. The Morgan fingerprint density at radius 1 is 1.23 bits per heavy atom. The number of hydrogen-bond donors (Lipinski definition) is 2. The van der Waals surface area contributed by atoms with Crippen molar-refractivity contribution < 1.29 is 24.2 Å². The number of aliphatic hydroxyl groups is 1. The van der Waals surface area contributed by atoms with Crippen LogP contribution in [-0.2, 0) is 19.1 Å². The lowest BCUT2D eigenvalue weighted by molar-refractivity contribution is -0.156. The quantitative estimate of drug-likeness (QED) is 0.295. The molecule has 0 aromatic rings. The Morgan fingerprint density at radius 2 is 1.94 bits per heavy atom. The first-order valence-electron chi connectivity index (χ1n) is 11.8. The van der Waals surface area contributed by atoms with E-state index in [-0.39, 0.29) is 36.9 Å². The van der Waals surface area contributed by atoms with Crippen LogP contribution in [0.2, 0.25) is 0 Å². The predicted octanol–water partition coefficient (Wildman–Crippen LogP) is 2.53. The molecular formula is C24H40N2O5. The monoisotopic (exact) mass is 436 g/mol. The molecule has 1 aliphatic carbocycles. The number of esters is 1. The van der Waals surface area contributed by atoms with E-state index in [9.17, 15) is 19.5 Å². The molecule has 0 bridgehead atoms. The first kappa shape index (κ1) is 25.4. The standard InChI is InChI=1S/C24H40N2O5/c1-6-8-9-12-25-22(28)21-18-11-10-16(5)19(24(30)31-7-2)20(18)23(29)26(21)17(14-27)13-15(3)4/h10-11,15-21,27H,6-9,12-14H2,1-5H3,(H,25,28)/t16-,17-,18+,19-,20+,21+/m1/s1. The summed E-state index contributed by atoms with van der Waals surface area (Å²) < 4.78 is 5.29. The number of nitrogens with zero attached hydrogens (tertiary/aromatic N) is 1. The van der Waals surface area contributed by atoms with E-state index in [1.165, 1.54) is 0 Å². The average molecular weight is 437 g/mol. The highest BCUT2D eigenvalue weighted by Gasteiger charge is 2.58. The summed E-state index contributed by atoms with van der Waals surface area (Å²) in [4.78, 5) is 41.3. The summed E-state index contributed by atoms with van der Waals surface area (Å²) in [7, 11) is 0. The number of carbonyl (C=O) groups is 3. The molecular weight excluding hydrogens is 396 g/mol. The van der Waals surface area contributed by atoms with Gasteiger partial charge in [-0.05, 0) is 31.6 Å². The second-order valence-corrected chi connectivity index (χ2v) is 9.28. The number of likely N-dealkylation sites (tertiary alicyclic amines) is 1. The Bertz CT molecular complexity index is 662. The van der Waals surface area contributed by atoms with E-state index in [1.807, 2.05) is 32.9 Å². The van der Waals surface area contributed by atoms with Crippen LogP contribution in [0.25, 0.3) is 0 Å². The number of unbranched alkanes of at least 4 members (excludes halogenated alkanes) is 2. The third-order valence-electron chi connectivity index (χ3n) is 6.46. The van der Waals surface area contributed by atoms with Gasteiger partial charge in [-0.15, -0.1) is 0 Å². The molecule has 0 saturated carbocycles. The normalized spacial score (nSPS) is 28.5. The van der Waals surface area contributed by atoms with Crippen LogP contribution in [0.4, 0.5) is 0 Å². The number of nitrogens with one attached hydrogen (secondary N) is 1. The molecule has 2 aliphatic rings. The van der Waals surface area contributed by atoms with Crippen LogP contribution in [0.15, 0.2) is 12.2 Å². The third-order valence-corrected chi connectivity index (χ3v) is 6.46. The van der Waals surface area contributed by atoms with E-state index in [2.05, 4.69) is 12.2 Å². The Morgan fingerprint density at radius 3 is 2.52 bits per heavy atom. The molecule has 31 heavy (non-hydrogen) atoms. The number of amides is 2. The van der Waals surface area contributed by atoms with Crippen molar-refractivity contribution in [3.05, 3.63) is 12.2 Å². The van der Waals surface area contributed by atoms with Crippen molar-refractivity contribution in [2.24, 2.45) is 29.6 Å². The molecule has 176 valence electrons. The highest BCUT2D eigenvalue weighted by Crippen LogP contribution is 2.45. The summed E-state index contributed by atoms with van der Waals surface area (Å²) >= 11 is 0. The smallest absolute Gasteiger partial charge is 0.310 e. The maximum absolute atomic E-state index is 13.7. The maximum Gasteiger partial charge on any atom is 0.310 e. The van der Waals surface area contributed by atoms with Gasteiger partial charge in [-0.3, -0.25) is 14.4 Å². The zero-order chi connectivity index (χ0) is 23.1. The highest BCUT2D eigenvalue weighted by molar-refractivity contribution is 5.96. The van der Waals surface area contributed by atoms with E-state index in [4.69, 9.17) is 4.74 Å². The summed E-state index contributed by atoms with van der Waals surface area (Å²) in [5.74, 6) is -2.42. The van der Waals surface area contributed by atoms with Crippen molar-refractivity contribution in [2.45, 2.75) is 72.4 Å². The fourth-order valence-electron chi connectivity index (χ4n) is 5.04. The number of aliphatic hydroxyl groups excluding tert-OH is 1. The minimum atomic E-state index is -0.726. The number of hydrogen-bond acceptors (Lipinski definition) is 5. The Hall–Kier alpha value is -1.89. The van der Waals surface area contributed by atoms with Gasteiger partial charge >= 0.3 is 5.97 Å². The van der Waals surface area contributed by atoms with Gasteiger partial charge in [0.1, 0.15) is 6.04 Å². The van der Waals surface area contributed by atoms with Crippen LogP contribution in [0.1, 0.15) is 60.3 Å². The van der Waals surface area contributed by atoms with Crippen LogP contribution in [0, 0.1) is 29.6 Å². The molecule has 2 amide bonds. The Balaban J connectivity index is 2.40. The molecule has 7 nitrogen and oxygen atoms in total. The van der Waals surface area contributed by atoms with Crippen molar-refractivity contribution >= 4 is 17.8 Å². The molecule has 1 heterocycles. The van der Waals surface area contributed by atoms with Gasteiger partial charge in [0.25, 0.3) is 0 Å². The van der Waals surface area contributed by atoms with E-state index in [0.29, 0.717) is 13.0 Å². The van der Waals surface area contributed by atoms with Gasteiger partial charge in [0.05, 0.1) is 31.1 Å². The van der Waals surface area contributed by atoms with E-state index >= 15 is 0 Å². The second kappa shape index (κ2) is 11.7. The molecule has 1 aliphatic heterocycles. The van der Waals surface area contributed by atoms with Crippen molar-refractivity contribution in [1.29, 1.82) is 0 Å². The van der Waals surface area contributed by atoms with Gasteiger partial charge in [-0.25, -0.2) is 0 Å². The lowest BCUT2D eigenvalue weighted by Gasteiger charge is -2.34. The second-order valence-electron chi connectivity index (χ2n) is 9.28. The van der Waals surface area contributed by atoms with Crippen molar-refractivity contribution in [3.63, 3.8) is 0 Å². The molecule has 2 rings (SSSR count). The maximum atomic E-state index is 13.7. The Kier molecular flexibility index (Phi) is 9.54. The summed E-state index contributed by atoms with van der Waals surface area (Å²) in [5, 5.41) is 13.1. The number of ether oxygens (including phenoxy) is 1. The van der Waals surface area contributed by atoms with Crippen LogP contribution in [0.5, 0.6) is 0 Å². The fourth-order valence-corrected chi connectivity index (χ4v) is 5.04. The van der Waals surface area contributed by atoms with E-state index < -0.39 is 35.8 Å². The van der Waals surface area contributed by atoms with Gasteiger partial charge < -0.3 is 20.1 Å². The molecule has 2 N–H and O–H groups in total. The lowest BCUT2D eigenvalue weighted by atomic mass is 9.70. The van der Waals surface area contributed by atoms with Crippen molar-refractivity contribution in [1.82, 2.24) is 10.2 Å². The van der Waals surface area contributed by atoms with Gasteiger partial charge in [-0.2, -0.15) is 0 Å². The first-order valence-corrected chi connectivity index (χ1v) is 11.8. The van der Waals surface area contributed by atoms with Crippen molar-refractivity contribution in [3.8, 4) is 0 Å². The molecule has 6 atom stereocenters.